The topological polar surface area (TPSA) is 72.2 Å². The second-order valence-electron chi connectivity index (χ2n) is 7.05. The zero-order chi connectivity index (χ0) is 17.9. The molecule has 0 bridgehead atoms. The first kappa shape index (κ1) is 16.7. The number of carbonyl (C=O) groups excluding carboxylic acids is 1. The Balaban J connectivity index is 1.40. The standard InChI is InChI=1S/C20H23N5O/c1-14-22-23-19-12-11-18(24-25(14)19)16-7-9-17(10-8-16)21-20(26)13-6-15-4-2-3-5-15/h7-12,15H,2-6,13H2,1H3,(H,21,26). The largest absolute Gasteiger partial charge is 0.326 e. The van der Waals surface area contributed by atoms with Gasteiger partial charge in [-0.05, 0) is 43.5 Å². The van der Waals surface area contributed by atoms with Crippen LogP contribution in [0, 0.1) is 12.8 Å². The summed E-state index contributed by atoms with van der Waals surface area (Å²) in [7, 11) is 0. The highest BCUT2D eigenvalue weighted by Gasteiger charge is 2.16. The quantitative estimate of drug-likeness (QED) is 0.755. The molecule has 0 unspecified atom stereocenters. The Morgan fingerprint density at radius 2 is 1.88 bits per heavy atom. The molecule has 3 aromatic rings. The van der Waals surface area contributed by atoms with Crippen molar-refractivity contribution >= 4 is 17.2 Å². The number of anilines is 1. The van der Waals surface area contributed by atoms with Crippen LogP contribution in [0.3, 0.4) is 0 Å². The highest BCUT2D eigenvalue weighted by Crippen LogP contribution is 2.28. The summed E-state index contributed by atoms with van der Waals surface area (Å²) < 4.78 is 1.73. The fourth-order valence-electron chi connectivity index (χ4n) is 3.63. The Morgan fingerprint density at radius 3 is 2.65 bits per heavy atom. The van der Waals surface area contributed by atoms with Gasteiger partial charge in [-0.15, -0.1) is 10.2 Å². The minimum Gasteiger partial charge on any atom is -0.326 e. The number of aromatic nitrogens is 4. The molecular weight excluding hydrogens is 326 g/mol. The summed E-state index contributed by atoms with van der Waals surface area (Å²) in [5, 5.41) is 15.6. The maximum absolute atomic E-state index is 12.1. The van der Waals surface area contributed by atoms with Crippen LogP contribution < -0.4 is 5.32 Å². The molecule has 26 heavy (non-hydrogen) atoms. The van der Waals surface area contributed by atoms with Gasteiger partial charge in [-0.2, -0.15) is 9.61 Å². The average molecular weight is 349 g/mol. The lowest BCUT2D eigenvalue weighted by Crippen LogP contribution is -2.12. The summed E-state index contributed by atoms with van der Waals surface area (Å²) in [6.45, 7) is 1.88. The highest BCUT2D eigenvalue weighted by molar-refractivity contribution is 5.90. The van der Waals surface area contributed by atoms with Crippen LogP contribution in [-0.2, 0) is 4.79 Å². The molecule has 1 aromatic carbocycles. The molecule has 1 N–H and O–H groups in total. The lowest BCUT2D eigenvalue weighted by Gasteiger charge is -2.09. The number of hydrogen-bond acceptors (Lipinski definition) is 4. The first-order valence-electron chi connectivity index (χ1n) is 9.28. The molecule has 134 valence electrons. The molecule has 0 atom stereocenters. The molecule has 0 spiro atoms. The number of aryl methyl sites for hydroxylation is 1. The van der Waals surface area contributed by atoms with E-state index in [1.54, 1.807) is 4.52 Å². The van der Waals surface area contributed by atoms with Gasteiger partial charge in [0.25, 0.3) is 0 Å². The maximum Gasteiger partial charge on any atom is 0.224 e. The smallest absolute Gasteiger partial charge is 0.224 e. The van der Waals surface area contributed by atoms with Crippen LogP contribution in [0.15, 0.2) is 36.4 Å². The lowest BCUT2D eigenvalue weighted by molar-refractivity contribution is -0.116. The number of benzene rings is 1. The van der Waals surface area contributed by atoms with Gasteiger partial charge in [0.2, 0.25) is 5.91 Å². The number of rotatable bonds is 5. The molecule has 0 radical (unpaired) electrons. The van der Waals surface area contributed by atoms with Gasteiger partial charge >= 0.3 is 0 Å². The van der Waals surface area contributed by atoms with Crippen molar-refractivity contribution in [1.82, 2.24) is 19.8 Å². The molecule has 6 nitrogen and oxygen atoms in total. The van der Waals surface area contributed by atoms with Crippen molar-refractivity contribution in [2.24, 2.45) is 5.92 Å². The minimum atomic E-state index is 0.101. The molecule has 2 heterocycles. The molecule has 4 rings (SSSR count). The molecule has 1 fully saturated rings. The zero-order valence-corrected chi connectivity index (χ0v) is 15.0. The summed E-state index contributed by atoms with van der Waals surface area (Å²) >= 11 is 0. The van der Waals surface area contributed by atoms with Crippen molar-refractivity contribution in [3.05, 3.63) is 42.2 Å². The Bertz CT molecular complexity index is 910. The molecule has 6 heteroatoms. The maximum atomic E-state index is 12.1. The number of amides is 1. The van der Waals surface area contributed by atoms with E-state index in [4.69, 9.17) is 0 Å². The van der Waals surface area contributed by atoms with Crippen molar-refractivity contribution in [3.8, 4) is 11.3 Å². The van der Waals surface area contributed by atoms with E-state index in [2.05, 4.69) is 20.6 Å². The van der Waals surface area contributed by atoms with E-state index in [-0.39, 0.29) is 5.91 Å². The van der Waals surface area contributed by atoms with Gasteiger partial charge in [0.1, 0.15) is 0 Å². The van der Waals surface area contributed by atoms with Gasteiger partial charge in [0.15, 0.2) is 11.5 Å². The molecule has 2 aromatic heterocycles. The van der Waals surface area contributed by atoms with Crippen LogP contribution in [-0.4, -0.2) is 25.7 Å². The van der Waals surface area contributed by atoms with E-state index in [9.17, 15) is 4.79 Å². The van der Waals surface area contributed by atoms with Crippen molar-refractivity contribution < 1.29 is 4.79 Å². The van der Waals surface area contributed by atoms with Crippen LogP contribution in [0.25, 0.3) is 16.9 Å². The van der Waals surface area contributed by atoms with Gasteiger partial charge in [0, 0.05) is 17.7 Å². The Kier molecular flexibility index (Phi) is 4.65. The Morgan fingerprint density at radius 1 is 1.12 bits per heavy atom. The summed E-state index contributed by atoms with van der Waals surface area (Å²) in [4.78, 5) is 12.1. The number of nitrogens with zero attached hydrogens (tertiary/aromatic N) is 4. The van der Waals surface area contributed by atoms with E-state index in [0.717, 1.165) is 40.8 Å². The molecule has 1 saturated carbocycles. The van der Waals surface area contributed by atoms with Crippen LogP contribution in [0.4, 0.5) is 5.69 Å². The predicted octanol–water partition coefficient (Wildman–Crippen LogP) is 4.01. The third kappa shape index (κ3) is 3.59. The van der Waals surface area contributed by atoms with E-state index in [1.165, 1.54) is 25.7 Å². The Labute approximate surface area is 152 Å². The molecule has 0 aliphatic heterocycles. The van der Waals surface area contributed by atoms with Gasteiger partial charge < -0.3 is 5.32 Å². The first-order valence-corrected chi connectivity index (χ1v) is 9.28. The number of fused-ring (bicyclic) bond motifs is 1. The second-order valence-corrected chi connectivity index (χ2v) is 7.05. The number of hydrogen-bond donors (Lipinski definition) is 1. The van der Waals surface area contributed by atoms with Gasteiger partial charge in [-0.3, -0.25) is 4.79 Å². The highest BCUT2D eigenvalue weighted by atomic mass is 16.1. The number of nitrogens with one attached hydrogen (secondary N) is 1. The normalized spacial score (nSPS) is 14.8. The van der Waals surface area contributed by atoms with Crippen molar-refractivity contribution in [2.45, 2.75) is 45.4 Å². The SMILES string of the molecule is Cc1nnc2ccc(-c3ccc(NC(=O)CCC4CCCC4)cc3)nn12. The van der Waals surface area contributed by atoms with Gasteiger partial charge in [-0.25, -0.2) is 0 Å². The van der Waals surface area contributed by atoms with E-state index < -0.39 is 0 Å². The summed E-state index contributed by atoms with van der Waals surface area (Å²) in [6.07, 6.45) is 6.82. The zero-order valence-electron chi connectivity index (χ0n) is 15.0. The van der Waals surface area contributed by atoms with Gasteiger partial charge in [0.05, 0.1) is 5.69 Å². The van der Waals surface area contributed by atoms with Crippen LogP contribution >= 0.6 is 0 Å². The third-order valence-corrected chi connectivity index (χ3v) is 5.14. The second kappa shape index (κ2) is 7.23. The molecule has 1 amide bonds. The minimum absolute atomic E-state index is 0.101. The summed E-state index contributed by atoms with van der Waals surface area (Å²) in [6, 6.07) is 11.6. The van der Waals surface area contributed by atoms with Crippen LogP contribution in [0.5, 0.6) is 0 Å². The van der Waals surface area contributed by atoms with Crippen LogP contribution in [0.1, 0.15) is 44.3 Å². The summed E-state index contributed by atoms with van der Waals surface area (Å²) in [5.41, 5.74) is 3.40. The van der Waals surface area contributed by atoms with Crippen molar-refractivity contribution in [3.63, 3.8) is 0 Å². The Hall–Kier alpha value is -2.76. The fraction of sp³-hybridized carbons (Fsp3) is 0.400. The fourth-order valence-corrected chi connectivity index (χ4v) is 3.63. The monoisotopic (exact) mass is 349 g/mol. The van der Waals surface area contributed by atoms with E-state index >= 15 is 0 Å². The first-order chi connectivity index (χ1) is 12.7. The number of carbonyl (C=O) groups is 1. The summed E-state index contributed by atoms with van der Waals surface area (Å²) in [5.74, 6) is 1.60. The molecular formula is C20H23N5O. The van der Waals surface area contributed by atoms with Crippen molar-refractivity contribution in [2.75, 3.05) is 5.32 Å². The molecule has 1 aliphatic rings. The third-order valence-electron chi connectivity index (χ3n) is 5.14. The van der Waals surface area contributed by atoms with E-state index in [1.807, 2.05) is 43.3 Å². The van der Waals surface area contributed by atoms with Crippen molar-refractivity contribution in [1.29, 1.82) is 0 Å². The lowest BCUT2D eigenvalue weighted by atomic mass is 10.0. The molecule has 0 saturated heterocycles. The predicted molar refractivity (Wildman–Crippen MR) is 101 cm³/mol. The van der Waals surface area contributed by atoms with E-state index in [0.29, 0.717) is 6.42 Å². The van der Waals surface area contributed by atoms with Gasteiger partial charge in [-0.1, -0.05) is 37.8 Å². The average Bonchev–Trinajstić information content (AvgIpc) is 3.31. The van der Waals surface area contributed by atoms with Crippen LogP contribution in [0.2, 0.25) is 0 Å². The molecule has 1 aliphatic carbocycles.